The summed E-state index contributed by atoms with van der Waals surface area (Å²) in [5.41, 5.74) is 2.70. The summed E-state index contributed by atoms with van der Waals surface area (Å²) in [4.78, 5) is 0.221. The molecule has 2 rings (SSSR count). The van der Waals surface area contributed by atoms with E-state index in [1.807, 2.05) is 6.92 Å². The number of hydrogen-bond acceptors (Lipinski definition) is 4. The van der Waals surface area contributed by atoms with Crippen LogP contribution in [0.15, 0.2) is 29.2 Å². The van der Waals surface area contributed by atoms with E-state index in [0.29, 0.717) is 17.1 Å². The maximum Gasteiger partial charge on any atom is 0.262 e. The van der Waals surface area contributed by atoms with Crippen LogP contribution in [0.4, 0.5) is 11.4 Å². The van der Waals surface area contributed by atoms with E-state index >= 15 is 0 Å². The molecule has 0 aliphatic heterocycles. The summed E-state index contributed by atoms with van der Waals surface area (Å²) in [6, 6.07) is 6.64. The Labute approximate surface area is 118 Å². The van der Waals surface area contributed by atoms with Gasteiger partial charge in [-0.25, -0.2) is 8.42 Å². The van der Waals surface area contributed by atoms with Crippen LogP contribution in [0.3, 0.4) is 0 Å². The van der Waals surface area contributed by atoms with Gasteiger partial charge in [0.2, 0.25) is 0 Å². The van der Waals surface area contributed by atoms with Crippen LogP contribution in [0.2, 0.25) is 0 Å². The molecule has 0 saturated carbocycles. The van der Waals surface area contributed by atoms with E-state index in [0.717, 1.165) is 12.2 Å². The zero-order valence-electron chi connectivity index (χ0n) is 11.7. The number of benzene rings is 1. The zero-order valence-corrected chi connectivity index (χ0v) is 12.5. The van der Waals surface area contributed by atoms with Crippen molar-refractivity contribution in [2.45, 2.75) is 25.7 Å². The lowest BCUT2D eigenvalue weighted by molar-refractivity contribution is 0.601. The first kappa shape index (κ1) is 14.4. The molecule has 1 heterocycles. The maximum absolute atomic E-state index is 12.3. The Balaban J connectivity index is 2.26. The lowest BCUT2D eigenvalue weighted by Gasteiger charge is -2.09. The van der Waals surface area contributed by atoms with E-state index in [2.05, 4.69) is 20.2 Å². The van der Waals surface area contributed by atoms with Gasteiger partial charge in [-0.3, -0.25) is 9.82 Å². The molecule has 0 aliphatic carbocycles. The number of aromatic amines is 1. The Morgan fingerprint density at radius 3 is 2.35 bits per heavy atom. The minimum absolute atomic E-state index is 0.221. The number of nitrogens with zero attached hydrogens (tertiary/aromatic N) is 1. The minimum Gasteiger partial charge on any atom is -0.385 e. The van der Waals surface area contributed by atoms with E-state index in [1.54, 1.807) is 38.1 Å². The average Bonchev–Trinajstić information content (AvgIpc) is 2.71. The number of hydrogen-bond donors (Lipinski definition) is 3. The van der Waals surface area contributed by atoms with E-state index in [4.69, 9.17) is 0 Å². The SMILES string of the molecule is CCNc1ccc(S(=O)(=O)Nc2c(C)n[nH]c2C)cc1. The van der Waals surface area contributed by atoms with Crippen LogP contribution in [0.5, 0.6) is 0 Å². The molecule has 0 amide bonds. The van der Waals surface area contributed by atoms with Crippen LogP contribution in [-0.4, -0.2) is 25.2 Å². The second-order valence-corrected chi connectivity index (χ2v) is 6.15. The molecule has 20 heavy (non-hydrogen) atoms. The molecule has 108 valence electrons. The first-order valence-corrected chi connectivity index (χ1v) is 7.80. The predicted octanol–water partition coefficient (Wildman–Crippen LogP) is 2.26. The first-order chi connectivity index (χ1) is 9.44. The zero-order chi connectivity index (χ0) is 14.8. The van der Waals surface area contributed by atoms with E-state index < -0.39 is 10.0 Å². The van der Waals surface area contributed by atoms with E-state index in [9.17, 15) is 8.42 Å². The number of anilines is 2. The smallest absolute Gasteiger partial charge is 0.262 e. The van der Waals surface area contributed by atoms with Crippen LogP contribution in [0.25, 0.3) is 0 Å². The molecular weight excluding hydrogens is 276 g/mol. The topological polar surface area (TPSA) is 86.9 Å². The van der Waals surface area contributed by atoms with Gasteiger partial charge in [0.25, 0.3) is 10.0 Å². The number of H-pyrrole nitrogens is 1. The fourth-order valence-electron chi connectivity index (χ4n) is 1.85. The van der Waals surface area contributed by atoms with E-state index in [1.165, 1.54) is 0 Å². The molecule has 0 atom stereocenters. The molecule has 0 fully saturated rings. The van der Waals surface area contributed by atoms with Crippen molar-refractivity contribution in [1.29, 1.82) is 0 Å². The number of rotatable bonds is 5. The van der Waals surface area contributed by atoms with Crippen molar-refractivity contribution >= 4 is 21.4 Å². The monoisotopic (exact) mass is 294 g/mol. The van der Waals surface area contributed by atoms with Gasteiger partial charge < -0.3 is 5.32 Å². The second kappa shape index (κ2) is 5.54. The highest BCUT2D eigenvalue weighted by molar-refractivity contribution is 7.92. The third-order valence-corrected chi connectivity index (χ3v) is 4.28. The van der Waals surface area contributed by atoms with Gasteiger partial charge in [0.15, 0.2) is 0 Å². The molecular formula is C13H18N4O2S. The highest BCUT2D eigenvalue weighted by Crippen LogP contribution is 2.22. The van der Waals surface area contributed by atoms with Gasteiger partial charge in [0, 0.05) is 12.2 Å². The van der Waals surface area contributed by atoms with Crippen LogP contribution in [-0.2, 0) is 10.0 Å². The molecule has 0 bridgehead atoms. The molecule has 0 unspecified atom stereocenters. The molecule has 0 spiro atoms. The van der Waals surface area contributed by atoms with Gasteiger partial charge in [-0.15, -0.1) is 0 Å². The summed E-state index contributed by atoms with van der Waals surface area (Å²) in [5, 5.41) is 9.84. The highest BCUT2D eigenvalue weighted by atomic mass is 32.2. The van der Waals surface area contributed by atoms with Gasteiger partial charge in [-0.05, 0) is 45.0 Å². The third kappa shape index (κ3) is 2.93. The fourth-order valence-corrected chi connectivity index (χ4v) is 3.03. The molecule has 3 N–H and O–H groups in total. The Kier molecular flexibility index (Phi) is 3.99. The largest absolute Gasteiger partial charge is 0.385 e. The van der Waals surface area contributed by atoms with Gasteiger partial charge >= 0.3 is 0 Å². The summed E-state index contributed by atoms with van der Waals surface area (Å²) in [6.45, 7) is 6.29. The van der Waals surface area contributed by atoms with Crippen molar-refractivity contribution in [3.63, 3.8) is 0 Å². The average molecular weight is 294 g/mol. The van der Waals surface area contributed by atoms with Gasteiger partial charge in [0.1, 0.15) is 0 Å². The van der Waals surface area contributed by atoms with Crippen molar-refractivity contribution in [2.75, 3.05) is 16.6 Å². The number of sulfonamides is 1. The molecule has 0 aliphatic rings. The first-order valence-electron chi connectivity index (χ1n) is 6.32. The summed E-state index contributed by atoms with van der Waals surface area (Å²) in [6.07, 6.45) is 0. The Morgan fingerprint density at radius 1 is 1.20 bits per heavy atom. The Morgan fingerprint density at radius 2 is 1.85 bits per heavy atom. The molecule has 2 aromatic rings. The van der Waals surface area contributed by atoms with Crippen LogP contribution < -0.4 is 10.0 Å². The fraction of sp³-hybridized carbons (Fsp3) is 0.308. The minimum atomic E-state index is -3.60. The highest BCUT2D eigenvalue weighted by Gasteiger charge is 2.17. The normalized spacial score (nSPS) is 11.3. The predicted molar refractivity (Wildman–Crippen MR) is 79.5 cm³/mol. The molecule has 1 aromatic carbocycles. The molecule has 6 nitrogen and oxygen atoms in total. The number of aryl methyl sites for hydroxylation is 2. The second-order valence-electron chi connectivity index (χ2n) is 4.47. The standard InChI is InChI=1S/C13H18N4O2S/c1-4-14-11-5-7-12(8-6-11)20(18,19)17-13-9(2)15-16-10(13)3/h5-8,14,17H,4H2,1-3H3,(H,15,16). The van der Waals surface area contributed by atoms with Crippen LogP contribution in [0, 0.1) is 13.8 Å². The summed E-state index contributed by atoms with van der Waals surface area (Å²) in [7, 11) is -3.60. The lowest BCUT2D eigenvalue weighted by atomic mass is 10.3. The van der Waals surface area contributed by atoms with Gasteiger partial charge in [-0.2, -0.15) is 5.10 Å². The van der Waals surface area contributed by atoms with Crippen LogP contribution in [0.1, 0.15) is 18.3 Å². The summed E-state index contributed by atoms with van der Waals surface area (Å²) < 4.78 is 27.2. The van der Waals surface area contributed by atoms with Gasteiger partial charge in [-0.1, -0.05) is 0 Å². The van der Waals surface area contributed by atoms with Gasteiger partial charge in [0.05, 0.1) is 22.0 Å². The molecule has 1 aromatic heterocycles. The Hall–Kier alpha value is -2.02. The van der Waals surface area contributed by atoms with E-state index in [-0.39, 0.29) is 4.90 Å². The third-order valence-electron chi connectivity index (χ3n) is 2.91. The Bertz CT molecular complexity index is 670. The van der Waals surface area contributed by atoms with Crippen LogP contribution >= 0.6 is 0 Å². The van der Waals surface area contributed by atoms with Crippen molar-refractivity contribution in [2.24, 2.45) is 0 Å². The quantitative estimate of drug-likeness (QED) is 0.789. The molecule has 7 heteroatoms. The molecule has 0 saturated heterocycles. The van der Waals surface area contributed by atoms with Crippen molar-refractivity contribution in [3.05, 3.63) is 35.7 Å². The summed E-state index contributed by atoms with van der Waals surface area (Å²) in [5.74, 6) is 0. The van der Waals surface area contributed by atoms with Crippen molar-refractivity contribution < 1.29 is 8.42 Å². The van der Waals surface area contributed by atoms with Crippen molar-refractivity contribution in [1.82, 2.24) is 10.2 Å². The lowest BCUT2D eigenvalue weighted by Crippen LogP contribution is -2.14. The molecule has 0 radical (unpaired) electrons. The summed E-state index contributed by atoms with van der Waals surface area (Å²) >= 11 is 0. The van der Waals surface area contributed by atoms with Crippen molar-refractivity contribution in [3.8, 4) is 0 Å². The maximum atomic E-state index is 12.3. The number of aromatic nitrogens is 2. The number of nitrogens with one attached hydrogen (secondary N) is 3.